The number of amides is 1. The molecule has 3 aliphatic rings. The van der Waals surface area contributed by atoms with Crippen LogP contribution >= 0.6 is 11.3 Å². The molecule has 0 spiro atoms. The zero-order chi connectivity index (χ0) is 22.6. The van der Waals surface area contributed by atoms with Gasteiger partial charge in [0.25, 0.3) is 5.91 Å². The van der Waals surface area contributed by atoms with E-state index in [4.69, 9.17) is 4.74 Å². The summed E-state index contributed by atoms with van der Waals surface area (Å²) in [5.74, 6) is 0.591. The average molecular weight is 454 g/mol. The van der Waals surface area contributed by atoms with Gasteiger partial charge in [-0.2, -0.15) is 0 Å². The zero-order valence-electron chi connectivity index (χ0n) is 18.4. The first kappa shape index (κ1) is 21.1. The first-order valence-corrected chi connectivity index (χ1v) is 12.0. The minimum atomic E-state index is -0.636. The summed E-state index contributed by atoms with van der Waals surface area (Å²) in [7, 11) is 0. The van der Waals surface area contributed by atoms with Crippen LogP contribution in [0.5, 0.6) is 5.75 Å². The van der Waals surface area contributed by atoms with Crippen LogP contribution in [-0.4, -0.2) is 33.1 Å². The summed E-state index contributed by atoms with van der Waals surface area (Å²) in [4.78, 5) is 28.9. The molecule has 32 heavy (non-hydrogen) atoms. The van der Waals surface area contributed by atoms with Gasteiger partial charge in [-0.15, -0.1) is 10.2 Å². The fourth-order valence-electron chi connectivity index (χ4n) is 5.02. The summed E-state index contributed by atoms with van der Waals surface area (Å²) in [5, 5.41) is 19.7. The highest BCUT2D eigenvalue weighted by atomic mass is 32.1. The van der Waals surface area contributed by atoms with E-state index in [1.807, 2.05) is 0 Å². The van der Waals surface area contributed by atoms with E-state index >= 15 is 0 Å². The van der Waals surface area contributed by atoms with E-state index in [-0.39, 0.29) is 35.2 Å². The van der Waals surface area contributed by atoms with Gasteiger partial charge < -0.3 is 9.84 Å². The Bertz CT molecular complexity index is 1090. The molecule has 1 fully saturated rings. The average Bonchev–Trinajstić information content (AvgIpc) is 3.31. The highest BCUT2D eigenvalue weighted by Gasteiger charge is 2.53. The molecular weight excluding hydrogens is 426 g/mol. The van der Waals surface area contributed by atoms with Crippen molar-refractivity contribution in [1.29, 1.82) is 0 Å². The predicted octanol–water partition coefficient (Wildman–Crippen LogP) is 4.19. The first-order chi connectivity index (χ1) is 15.3. The molecular formula is C24H27N3O4S. The van der Waals surface area contributed by atoms with Crippen LogP contribution in [-0.2, 0) is 20.7 Å². The molecule has 1 N–H and O–H groups in total. The van der Waals surface area contributed by atoms with Crippen molar-refractivity contribution in [2.24, 2.45) is 17.8 Å². The SMILES string of the molecule is CC(C)Cc1nnc(N2C(=O)C3=C(C(=O)C4CC(C)CCC4O3)C2c2ccc(O)cc2)s1. The number of carbonyl (C=O) groups is 2. The minimum absolute atomic E-state index is 0.00337. The quantitative estimate of drug-likeness (QED) is 0.746. The third-order valence-corrected chi connectivity index (χ3v) is 7.51. The van der Waals surface area contributed by atoms with Crippen molar-refractivity contribution in [3.63, 3.8) is 0 Å². The molecule has 2 aliphatic heterocycles. The minimum Gasteiger partial charge on any atom is -0.508 e. The molecule has 5 rings (SSSR count). The van der Waals surface area contributed by atoms with E-state index in [1.54, 1.807) is 29.2 Å². The van der Waals surface area contributed by atoms with Crippen LogP contribution in [0.2, 0.25) is 0 Å². The number of aromatic nitrogens is 2. The van der Waals surface area contributed by atoms with Crippen molar-refractivity contribution in [3.8, 4) is 5.75 Å². The van der Waals surface area contributed by atoms with Crippen LogP contribution in [0, 0.1) is 17.8 Å². The van der Waals surface area contributed by atoms with Gasteiger partial charge >= 0.3 is 0 Å². The fourth-order valence-corrected chi connectivity index (χ4v) is 6.10. The maximum atomic E-state index is 13.7. The highest BCUT2D eigenvalue weighted by molar-refractivity contribution is 7.15. The normalized spacial score (nSPS) is 27.6. The molecule has 4 atom stereocenters. The van der Waals surface area contributed by atoms with Crippen molar-refractivity contribution < 1.29 is 19.4 Å². The standard InChI is InChI=1S/C24H27N3O4S/c1-12(2)10-18-25-26-24(32-18)27-20(14-5-7-15(28)8-6-14)19-21(29)16-11-13(3)4-9-17(16)31-22(19)23(27)30/h5-8,12-13,16-17,20,28H,4,9-11H2,1-3H3. The molecule has 8 heteroatoms. The molecule has 1 aromatic carbocycles. The van der Waals surface area contributed by atoms with Crippen LogP contribution in [0.1, 0.15) is 56.6 Å². The molecule has 4 unspecified atom stereocenters. The maximum Gasteiger partial charge on any atom is 0.296 e. The lowest BCUT2D eigenvalue weighted by Crippen LogP contribution is -2.41. The smallest absolute Gasteiger partial charge is 0.296 e. The monoisotopic (exact) mass is 453 g/mol. The lowest BCUT2D eigenvalue weighted by Gasteiger charge is -2.37. The number of rotatable bonds is 4. The number of carbonyl (C=O) groups excluding carboxylic acids is 2. The van der Waals surface area contributed by atoms with Crippen LogP contribution < -0.4 is 4.90 Å². The summed E-state index contributed by atoms with van der Waals surface area (Å²) in [5.41, 5.74) is 1.15. The Morgan fingerprint density at radius 1 is 1.19 bits per heavy atom. The Labute approximate surface area is 191 Å². The summed E-state index contributed by atoms with van der Waals surface area (Å²) in [6, 6.07) is 5.99. The third kappa shape index (κ3) is 3.50. The Balaban J connectivity index is 1.59. The summed E-state index contributed by atoms with van der Waals surface area (Å²) in [6.45, 7) is 6.38. The number of Topliss-reactive ketones (excluding diaryl/α,β-unsaturated/α-hetero) is 1. The second-order valence-electron chi connectivity index (χ2n) is 9.53. The Morgan fingerprint density at radius 2 is 1.94 bits per heavy atom. The molecule has 3 heterocycles. The molecule has 0 saturated heterocycles. The van der Waals surface area contributed by atoms with Gasteiger partial charge in [0.1, 0.15) is 16.9 Å². The number of ether oxygens (including phenoxy) is 1. The molecule has 1 amide bonds. The Morgan fingerprint density at radius 3 is 2.66 bits per heavy atom. The fraction of sp³-hybridized carbons (Fsp3) is 0.500. The van der Waals surface area contributed by atoms with Gasteiger partial charge in [-0.05, 0) is 48.8 Å². The highest BCUT2D eigenvalue weighted by Crippen LogP contribution is 2.49. The van der Waals surface area contributed by atoms with Gasteiger partial charge in [-0.25, -0.2) is 0 Å². The van der Waals surface area contributed by atoms with E-state index in [9.17, 15) is 14.7 Å². The Hall–Kier alpha value is -2.74. The number of fused-ring (bicyclic) bond motifs is 1. The zero-order valence-corrected chi connectivity index (χ0v) is 19.3. The lowest BCUT2D eigenvalue weighted by atomic mass is 9.74. The maximum absolute atomic E-state index is 13.7. The van der Waals surface area contributed by atoms with E-state index in [1.165, 1.54) is 11.3 Å². The number of hydrogen-bond donors (Lipinski definition) is 1. The van der Waals surface area contributed by atoms with Gasteiger partial charge in [0.2, 0.25) is 5.13 Å². The molecule has 0 radical (unpaired) electrons. The second-order valence-corrected chi connectivity index (χ2v) is 10.6. The van der Waals surface area contributed by atoms with Crippen molar-refractivity contribution in [1.82, 2.24) is 10.2 Å². The number of benzene rings is 1. The van der Waals surface area contributed by atoms with Crippen molar-refractivity contribution in [3.05, 3.63) is 46.2 Å². The van der Waals surface area contributed by atoms with E-state index in [0.29, 0.717) is 22.5 Å². The lowest BCUT2D eigenvalue weighted by molar-refractivity contribution is -0.132. The number of nitrogens with zero attached hydrogens (tertiary/aromatic N) is 3. The van der Waals surface area contributed by atoms with Crippen molar-refractivity contribution >= 4 is 28.2 Å². The van der Waals surface area contributed by atoms with Crippen molar-refractivity contribution in [2.45, 2.75) is 58.6 Å². The van der Waals surface area contributed by atoms with Crippen LogP contribution in [0.25, 0.3) is 0 Å². The van der Waals surface area contributed by atoms with Gasteiger partial charge in [0, 0.05) is 6.42 Å². The molecule has 1 aromatic heterocycles. The van der Waals surface area contributed by atoms with E-state index in [0.717, 1.165) is 36.3 Å². The van der Waals surface area contributed by atoms with Gasteiger partial charge in [-0.1, -0.05) is 44.2 Å². The van der Waals surface area contributed by atoms with E-state index < -0.39 is 6.04 Å². The van der Waals surface area contributed by atoms with Crippen LogP contribution in [0.3, 0.4) is 0 Å². The Kier molecular flexibility index (Phi) is 5.28. The van der Waals surface area contributed by atoms with Crippen LogP contribution in [0.4, 0.5) is 5.13 Å². The van der Waals surface area contributed by atoms with Gasteiger partial charge in [-0.3, -0.25) is 14.5 Å². The molecule has 0 bridgehead atoms. The summed E-state index contributed by atoms with van der Waals surface area (Å²) >= 11 is 1.38. The molecule has 7 nitrogen and oxygen atoms in total. The molecule has 1 aliphatic carbocycles. The topological polar surface area (TPSA) is 92.6 Å². The first-order valence-electron chi connectivity index (χ1n) is 11.2. The van der Waals surface area contributed by atoms with Gasteiger partial charge in [0.15, 0.2) is 11.5 Å². The van der Waals surface area contributed by atoms with E-state index in [2.05, 4.69) is 31.0 Å². The number of aromatic hydroxyl groups is 1. The molecule has 168 valence electrons. The number of phenols is 1. The molecule has 2 aromatic rings. The van der Waals surface area contributed by atoms with Crippen LogP contribution in [0.15, 0.2) is 35.6 Å². The largest absolute Gasteiger partial charge is 0.508 e. The predicted molar refractivity (Wildman–Crippen MR) is 120 cm³/mol. The van der Waals surface area contributed by atoms with Gasteiger partial charge in [0.05, 0.1) is 17.5 Å². The van der Waals surface area contributed by atoms with Crippen molar-refractivity contribution in [2.75, 3.05) is 4.90 Å². The number of hydrogen-bond acceptors (Lipinski definition) is 7. The molecule has 1 saturated carbocycles. The second kappa shape index (κ2) is 7.99. The number of anilines is 1. The third-order valence-electron chi connectivity index (χ3n) is 6.56. The summed E-state index contributed by atoms with van der Waals surface area (Å²) < 4.78 is 6.22. The number of ketones is 1. The summed E-state index contributed by atoms with van der Waals surface area (Å²) in [6.07, 6.45) is 3.07. The number of phenolic OH excluding ortho intramolecular Hbond substituents is 1.